The van der Waals surface area contributed by atoms with Crippen molar-refractivity contribution in [2.24, 2.45) is 5.92 Å². The molecule has 38 heavy (non-hydrogen) atoms. The minimum Gasteiger partial charge on any atom is -0.381 e. The van der Waals surface area contributed by atoms with Crippen molar-refractivity contribution in [3.05, 3.63) is 54.4 Å². The van der Waals surface area contributed by atoms with Gasteiger partial charge in [0.25, 0.3) is 0 Å². The van der Waals surface area contributed by atoms with E-state index in [9.17, 15) is 18.0 Å². The molecule has 3 aromatic rings. The Morgan fingerprint density at radius 1 is 0.921 bits per heavy atom. The van der Waals surface area contributed by atoms with Crippen molar-refractivity contribution in [2.75, 3.05) is 55.5 Å². The Morgan fingerprint density at radius 2 is 1.53 bits per heavy atom. The summed E-state index contributed by atoms with van der Waals surface area (Å²) < 4.78 is 53.9. The predicted molar refractivity (Wildman–Crippen MR) is 138 cm³/mol. The molecule has 2 aromatic carbocycles. The lowest BCUT2D eigenvalue weighted by atomic mass is 9.94. The first-order chi connectivity index (χ1) is 18.3. The zero-order chi connectivity index (χ0) is 26.7. The molecule has 200 valence electrons. The highest BCUT2D eigenvalue weighted by atomic mass is 19.4. The van der Waals surface area contributed by atoms with E-state index >= 15 is 0 Å². The maximum Gasteiger partial charge on any atom is 0.417 e. The summed E-state index contributed by atoms with van der Waals surface area (Å²) in [6.45, 7) is 2.81. The number of nitrogens with one attached hydrogen (secondary N) is 1. The Labute approximate surface area is 218 Å². The second-order valence-corrected chi connectivity index (χ2v) is 9.30. The molecule has 2 aliphatic rings. The van der Waals surface area contributed by atoms with E-state index in [-0.39, 0.29) is 29.0 Å². The molecule has 5 rings (SSSR count). The van der Waals surface area contributed by atoms with Crippen LogP contribution >= 0.6 is 0 Å². The Hall–Kier alpha value is -3.70. The molecular weight excluding hydrogens is 499 g/mol. The van der Waals surface area contributed by atoms with Crippen molar-refractivity contribution in [1.29, 1.82) is 0 Å². The lowest BCUT2D eigenvalue weighted by molar-refractivity contribution is -0.137. The third-order valence-corrected chi connectivity index (χ3v) is 6.84. The molecule has 0 radical (unpaired) electrons. The number of benzene rings is 2. The van der Waals surface area contributed by atoms with Gasteiger partial charge in [0.15, 0.2) is 0 Å². The van der Waals surface area contributed by atoms with Gasteiger partial charge in [-0.2, -0.15) is 13.2 Å². The van der Waals surface area contributed by atoms with E-state index in [0.717, 1.165) is 11.6 Å². The normalized spacial score (nSPS) is 16.9. The van der Waals surface area contributed by atoms with Crippen LogP contribution in [0.2, 0.25) is 0 Å². The smallest absolute Gasteiger partial charge is 0.381 e. The van der Waals surface area contributed by atoms with Gasteiger partial charge in [-0.05, 0) is 41.7 Å². The average molecular weight is 528 g/mol. The molecule has 0 atom stereocenters. The second-order valence-electron chi connectivity index (χ2n) is 9.30. The summed E-state index contributed by atoms with van der Waals surface area (Å²) in [5.41, 5.74) is 7.28. The number of amides is 1. The van der Waals surface area contributed by atoms with Gasteiger partial charge < -0.3 is 25.4 Å². The standard InChI is InChI=1S/C27H28F3N5O3/c28-27(29,30)22-14-23(34-25(36)19-5-9-37-10-6-19)24(35-7-11-38-12-8-35)13-21(22)18-3-1-17(2-4-18)20-15-32-26(31)33-16-20/h1-4,13-16,19H,5-12H2,(H,34,36)(H2,31,32,33). The van der Waals surface area contributed by atoms with Gasteiger partial charge in [0.05, 0.1) is 30.2 Å². The zero-order valence-corrected chi connectivity index (χ0v) is 20.6. The Morgan fingerprint density at radius 3 is 2.16 bits per heavy atom. The summed E-state index contributed by atoms with van der Waals surface area (Å²) in [6, 6.07) is 9.30. The summed E-state index contributed by atoms with van der Waals surface area (Å²) in [6.07, 6.45) is -0.445. The minimum atomic E-state index is -4.64. The van der Waals surface area contributed by atoms with Crippen LogP contribution in [0.25, 0.3) is 22.3 Å². The van der Waals surface area contributed by atoms with Crippen molar-refractivity contribution >= 4 is 23.2 Å². The quantitative estimate of drug-likeness (QED) is 0.500. The molecule has 0 saturated carbocycles. The predicted octanol–water partition coefficient (Wildman–Crippen LogP) is 4.61. The fourth-order valence-corrected chi connectivity index (χ4v) is 4.75. The van der Waals surface area contributed by atoms with Crippen LogP contribution in [0.15, 0.2) is 48.8 Å². The third kappa shape index (κ3) is 5.73. The van der Waals surface area contributed by atoms with E-state index in [1.54, 1.807) is 36.7 Å². The van der Waals surface area contributed by atoms with E-state index in [2.05, 4.69) is 15.3 Å². The van der Waals surface area contributed by atoms with Gasteiger partial charge in [-0.15, -0.1) is 0 Å². The van der Waals surface area contributed by atoms with E-state index < -0.39 is 11.7 Å². The van der Waals surface area contributed by atoms with Gasteiger partial charge >= 0.3 is 6.18 Å². The highest BCUT2D eigenvalue weighted by Crippen LogP contribution is 2.43. The summed E-state index contributed by atoms with van der Waals surface area (Å²) >= 11 is 0. The number of nitrogen functional groups attached to an aromatic ring is 1. The highest BCUT2D eigenvalue weighted by molar-refractivity contribution is 5.97. The number of carbonyl (C=O) groups excluding carboxylic acids is 1. The number of carbonyl (C=O) groups is 1. The molecule has 1 aromatic heterocycles. The number of alkyl halides is 3. The molecule has 2 aliphatic heterocycles. The summed E-state index contributed by atoms with van der Waals surface area (Å²) in [5.74, 6) is -0.459. The summed E-state index contributed by atoms with van der Waals surface area (Å²) in [4.78, 5) is 22.9. The molecule has 2 saturated heterocycles. The van der Waals surface area contributed by atoms with Gasteiger partial charge in [0, 0.05) is 50.2 Å². The number of ether oxygens (including phenoxy) is 2. The number of nitrogens with two attached hydrogens (primary N) is 1. The van der Waals surface area contributed by atoms with E-state index in [0.29, 0.717) is 69.2 Å². The average Bonchev–Trinajstić information content (AvgIpc) is 2.94. The number of halogens is 3. The van der Waals surface area contributed by atoms with Gasteiger partial charge in [-0.3, -0.25) is 4.79 Å². The van der Waals surface area contributed by atoms with Gasteiger partial charge in [-0.25, -0.2) is 9.97 Å². The van der Waals surface area contributed by atoms with E-state index in [1.807, 2.05) is 4.90 Å². The van der Waals surface area contributed by atoms with Gasteiger partial charge in [0.2, 0.25) is 11.9 Å². The first-order valence-corrected chi connectivity index (χ1v) is 12.4. The molecule has 2 fully saturated rings. The zero-order valence-electron chi connectivity index (χ0n) is 20.6. The van der Waals surface area contributed by atoms with Crippen molar-refractivity contribution < 1.29 is 27.4 Å². The van der Waals surface area contributed by atoms with Crippen molar-refractivity contribution in [2.45, 2.75) is 19.0 Å². The van der Waals surface area contributed by atoms with E-state index in [1.165, 1.54) is 6.07 Å². The second kappa shape index (κ2) is 11.0. The lowest BCUT2D eigenvalue weighted by Gasteiger charge is -2.32. The summed E-state index contributed by atoms with van der Waals surface area (Å²) in [5, 5.41) is 2.80. The van der Waals surface area contributed by atoms with Crippen LogP contribution in [-0.4, -0.2) is 55.4 Å². The maximum atomic E-state index is 14.4. The first kappa shape index (κ1) is 25.9. The Kier molecular flexibility index (Phi) is 7.48. The minimum absolute atomic E-state index is 0.0307. The van der Waals surface area contributed by atoms with Crippen LogP contribution in [0, 0.1) is 5.92 Å². The largest absolute Gasteiger partial charge is 0.417 e. The van der Waals surface area contributed by atoms with Crippen LogP contribution in [0.1, 0.15) is 18.4 Å². The van der Waals surface area contributed by atoms with Crippen LogP contribution in [0.4, 0.5) is 30.5 Å². The van der Waals surface area contributed by atoms with Crippen molar-refractivity contribution in [1.82, 2.24) is 9.97 Å². The Balaban J connectivity index is 1.55. The lowest BCUT2D eigenvalue weighted by Crippen LogP contribution is -2.37. The van der Waals surface area contributed by atoms with Crippen LogP contribution in [-0.2, 0) is 20.4 Å². The van der Waals surface area contributed by atoms with E-state index in [4.69, 9.17) is 15.2 Å². The van der Waals surface area contributed by atoms with Crippen molar-refractivity contribution in [3.63, 3.8) is 0 Å². The number of rotatable bonds is 5. The number of hydrogen-bond donors (Lipinski definition) is 2. The monoisotopic (exact) mass is 527 g/mol. The molecule has 3 heterocycles. The molecule has 8 nitrogen and oxygen atoms in total. The van der Waals surface area contributed by atoms with Crippen LogP contribution in [0.3, 0.4) is 0 Å². The molecule has 11 heteroatoms. The summed E-state index contributed by atoms with van der Waals surface area (Å²) in [7, 11) is 0. The maximum absolute atomic E-state index is 14.4. The molecule has 1 amide bonds. The number of morpholine rings is 1. The topological polar surface area (TPSA) is 103 Å². The van der Waals surface area contributed by atoms with Gasteiger partial charge in [-0.1, -0.05) is 24.3 Å². The van der Waals surface area contributed by atoms with Crippen LogP contribution < -0.4 is 16.0 Å². The number of aromatic nitrogens is 2. The fraction of sp³-hybridized carbons (Fsp3) is 0.370. The Bertz CT molecular complexity index is 1270. The third-order valence-electron chi connectivity index (χ3n) is 6.84. The molecule has 0 unspecified atom stereocenters. The highest BCUT2D eigenvalue weighted by Gasteiger charge is 2.36. The fourth-order valence-electron chi connectivity index (χ4n) is 4.75. The molecule has 3 N–H and O–H groups in total. The molecule has 0 aliphatic carbocycles. The van der Waals surface area contributed by atoms with Crippen molar-refractivity contribution in [3.8, 4) is 22.3 Å². The molecule has 0 bridgehead atoms. The SMILES string of the molecule is Nc1ncc(-c2ccc(-c3cc(N4CCOCC4)c(NC(=O)C4CCOCC4)cc3C(F)(F)F)cc2)cn1. The number of anilines is 3. The number of nitrogens with zero attached hydrogens (tertiary/aromatic N) is 3. The molecule has 0 spiro atoms. The van der Waals surface area contributed by atoms with Gasteiger partial charge in [0.1, 0.15) is 0 Å². The van der Waals surface area contributed by atoms with Crippen LogP contribution in [0.5, 0.6) is 0 Å². The number of hydrogen-bond acceptors (Lipinski definition) is 7. The molecular formula is C27H28F3N5O3. The first-order valence-electron chi connectivity index (χ1n) is 12.4.